The minimum absolute atomic E-state index is 0.160. The van der Waals surface area contributed by atoms with Gasteiger partial charge in [-0.25, -0.2) is 13.6 Å². The minimum Gasteiger partial charge on any atom is -0.444 e. The van der Waals surface area contributed by atoms with Crippen LogP contribution in [0.5, 0.6) is 0 Å². The summed E-state index contributed by atoms with van der Waals surface area (Å²) in [4.78, 5) is 19.1. The van der Waals surface area contributed by atoms with E-state index in [1.165, 1.54) is 4.90 Å². The molecule has 1 aromatic rings. The number of halogens is 2. The van der Waals surface area contributed by atoms with E-state index >= 15 is 0 Å². The molecule has 23 heavy (non-hydrogen) atoms. The lowest BCUT2D eigenvalue weighted by Gasteiger charge is -2.29. The zero-order valence-corrected chi connectivity index (χ0v) is 13.4. The third-order valence-corrected chi connectivity index (χ3v) is 4.18. The van der Waals surface area contributed by atoms with Gasteiger partial charge in [-0.2, -0.15) is 5.48 Å². The minimum atomic E-state index is -0.955. The van der Waals surface area contributed by atoms with Gasteiger partial charge in [-0.3, -0.25) is 0 Å². The average molecular weight is 326 g/mol. The molecule has 0 bridgehead atoms. The van der Waals surface area contributed by atoms with Crippen molar-refractivity contribution in [3.63, 3.8) is 0 Å². The van der Waals surface area contributed by atoms with Crippen LogP contribution in [0.15, 0.2) is 18.2 Å². The first-order chi connectivity index (χ1) is 10.7. The van der Waals surface area contributed by atoms with Gasteiger partial charge in [0.25, 0.3) is 0 Å². The van der Waals surface area contributed by atoms with E-state index in [4.69, 9.17) is 9.57 Å². The van der Waals surface area contributed by atoms with Crippen LogP contribution >= 0.6 is 0 Å². The Balaban J connectivity index is 1.89. The van der Waals surface area contributed by atoms with Crippen LogP contribution in [0.4, 0.5) is 13.6 Å². The fraction of sp³-hybridized carbons (Fsp3) is 0.562. The molecule has 2 unspecified atom stereocenters. The van der Waals surface area contributed by atoms with E-state index in [0.29, 0.717) is 13.2 Å². The van der Waals surface area contributed by atoms with Crippen molar-refractivity contribution in [2.45, 2.75) is 31.9 Å². The lowest BCUT2D eigenvalue weighted by molar-refractivity contribution is 0.0149. The Morgan fingerprint density at radius 2 is 2.17 bits per heavy atom. The second-order valence-electron chi connectivity index (χ2n) is 7.07. The van der Waals surface area contributed by atoms with E-state index in [-0.39, 0.29) is 18.0 Å². The first kappa shape index (κ1) is 16.1. The zero-order valence-electron chi connectivity index (χ0n) is 13.4. The summed E-state index contributed by atoms with van der Waals surface area (Å²) in [5, 5.41) is 0. The van der Waals surface area contributed by atoms with Gasteiger partial charge in [-0.15, -0.1) is 0 Å². The fourth-order valence-corrected chi connectivity index (χ4v) is 3.16. The Morgan fingerprint density at radius 3 is 2.87 bits per heavy atom. The quantitative estimate of drug-likeness (QED) is 0.862. The van der Waals surface area contributed by atoms with Gasteiger partial charge in [0.1, 0.15) is 17.2 Å². The van der Waals surface area contributed by atoms with Crippen molar-refractivity contribution in [2.24, 2.45) is 5.92 Å². The topological polar surface area (TPSA) is 50.8 Å². The van der Waals surface area contributed by atoms with Crippen LogP contribution in [-0.4, -0.2) is 36.3 Å². The van der Waals surface area contributed by atoms with E-state index in [1.54, 1.807) is 20.8 Å². The molecular weight excluding hydrogens is 306 g/mol. The summed E-state index contributed by atoms with van der Waals surface area (Å²) >= 11 is 0. The molecular formula is C16H20F2N2O3. The third kappa shape index (κ3) is 2.90. The molecule has 2 fully saturated rings. The lowest BCUT2D eigenvalue weighted by atomic mass is 9.82. The van der Waals surface area contributed by atoms with Crippen molar-refractivity contribution in [1.82, 2.24) is 10.4 Å². The summed E-state index contributed by atoms with van der Waals surface area (Å²) in [5.74, 6) is -1.23. The van der Waals surface area contributed by atoms with Gasteiger partial charge in [-0.1, -0.05) is 0 Å². The smallest absolute Gasteiger partial charge is 0.410 e. The zero-order chi connectivity index (χ0) is 16.8. The number of nitrogens with zero attached hydrogens (tertiary/aromatic N) is 1. The number of likely N-dealkylation sites (tertiary alicyclic amines) is 1. The van der Waals surface area contributed by atoms with Gasteiger partial charge < -0.3 is 14.5 Å². The van der Waals surface area contributed by atoms with E-state index in [9.17, 15) is 13.6 Å². The van der Waals surface area contributed by atoms with Gasteiger partial charge in [0.15, 0.2) is 0 Å². The van der Waals surface area contributed by atoms with E-state index in [0.717, 1.165) is 18.2 Å². The Bertz CT molecular complexity index is 632. The van der Waals surface area contributed by atoms with Crippen LogP contribution in [0, 0.1) is 17.6 Å². The molecule has 1 N–H and O–H groups in total. The molecule has 126 valence electrons. The highest BCUT2D eigenvalue weighted by molar-refractivity contribution is 5.69. The Hall–Kier alpha value is -1.73. The van der Waals surface area contributed by atoms with Gasteiger partial charge in [0.05, 0.1) is 12.1 Å². The Kier molecular flexibility index (Phi) is 3.80. The number of hydrogen-bond acceptors (Lipinski definition) is 4. The fourth-order valence-electron chi connectivity index (χ4n) is 3.16. The van der Waals surface area contributed by atoms with E-state index < -0.39 is 28.9 Å². The summed E-state index contributed by atoms with van der Waals surface area (Å²) in [5.41, 5.74) is 1.41. The highest BCUT2D eigenvalue weighted by Gasteiger charge is 2.55. The standard InChI is InChI=1S/C16H20F2N2O3/c1-15(2,3)23-14(21)20-7-10-8-22-19-16(10,9-20)12-6-11(17)4-5-13(12)18/h4-6,10,19H,7-9H2,1-3H3. The first-order valence-corrected chi connectivity index (χ1v) is 7.54. The first-order valence-electron chi connectivity index (χ1n) is 7.54. The summed E-state index contributed by atoms with van der Waals surface area (Å²) in [7, 11) is 0. The largest absolute Gasteiger partial charge is 0.444 e. The van der Waals surface area contributed by atoms with Crippen LogP contribution < -0.4 is 5.48 Å². The Labute approximate surface area is 133 Å². The molecule has 3 rings (SSSR count). The number of fused-ring (bicyclic) bond motifs is 1. The average Bonchev–Trinajstić information content (AvgIpc) is 2.97. The molecule has 1 aromatic carbocycles. The van der Waals surface area contributed by atoms with Gasteiger partial charge in [0, 0.05) is 24.6 Å². The van der Waals surface area contributed by atoms with Crippen LogP contribution in [0.1, 0.15) is 26.3 Å². The second kappa shape index (κ2) is 5.42. The predicted molar refractivity (Wildman–Crippen MR) is 78.4 cm³/mol. The summed E-state index contributed by atoms with van der Waals surface area (Å²) in [6.07, 6.45) is -0.468. The maximum Gasteiger partial charge on any atom is 0.410 e. The highest BCUT2D eigenvalue weighted by Crippen LogP contribution is 2.42. The molecule has 0 aromatic heterocycles. The summed E-state index contributed by atoms with van der Waals surface area (Å²) in [6.45, 7) is 6.18. The van der Waals surface area contributed by atoms with Crippen molar-refractivity contribution in [3.8, 4) is 0 Å². The van der Waals surface area contributed by atoms with E-state index in [2.05, 4.69) is 5.48 Å². The van der Waals surface area contributed by atoms with Crippen molar-refractivity contribution < 1.29 is 23.1 Å². The van der Waals surface area contributed by atoms with Crippen LogP contribution in [-0.2, 0) is 15.1 Å². The molecule has 2 aliphatic heterocycles. The maximum atomic E-state index is 14.3. The number of amides is 1. The molecule has 2 heterocycles. The number of ether oxygens (including phenoxy) is 1. The van der Waals surface area contributed by atoms with Crippen LogP contribution in [0.25, 0.3) is 0 Å². The number of nitrogens with one attached hydrogen (secondary N) is 1. The number of hydroxylamine groups is 1. The molecule has 7 heteroatoms. The normalized spacial score (nSPS) is 27.2. The lowest BCUT2D eigenvalue weighted by Crippen LogP contribution is -2.45. The van der Waals surface area contributed by atoms with E-state index in [1.807, 2.05) is 0 Å². The van der Waals surface area contributed by atoms with Crippen molar-refractivity contribution in [3.05, 3.63) is 35.4 Å². The number of rotatable bonds is 1. The predicted octanol–water partition coefficient (Wildman–Crippen LogP) is 2.56. The Morgan fingerprint density at radius 1 is 1.43 bits per heavy atom. The summed E-state index contributed by atoms with van der Waals surface area (Å²) in [6, 6.07) is 3.32. The van der Waals surface area contributed by atoms with Gasteiger partial charge in [-0.05, 0) is 39.0 Å². The van der Waals surface area contributed by atoms with Crippen molar-refractivity contribution in [2.75, 3.05) is 19.7 Å². The number of hydrogen-bond donors (Lipinski definition) is 1. The van der Waals surface area contributed by atoms with Crippen molar-refractivity contribution in [1.29, 1.82) is 0 Å². The monoisotopic (exact) mass is 326 g/mol. The molecule has 1 amide bonds. The molecule has 5 nitrogen and oxygen atoms in total. The van der Waals surface area contributed by atoms with Gasteiger partial charge >= 0.3 is 6.09 Å². The molecule has 2 aliphatic rings. The summed E-state index contributed by atoms with van der Waals surface area (Å²) < 4.78 is 33.2. The molecule has 0 saturated carbocycles. The van der Waals surface area contributed by atoms with Crippen LogP contribution in [0.3, 0.4) is 0 Å². The highest BCUT2D eigenvalue weighted by atomic mass is 19.1. The van der Waals surface area contributed by atoms with Crippen LogP contribution in [0.2, 0.25) is 0 Å². The molecule has 0 radical (unpaired) electrons. The number of carbonyl (C=O) groups is 1. The molecule has 0 aliphatic carbocycles. The van der Waals surface area contributed by atoms with Crippen molar-refractivity contribution >= 4 is 6.09 Å². The SMILES string of the molecule is CC(C)(C)OC(=O)N1CC2CONC2(c2cc(F)ccc2F)C1. The van der Waals surface area contributed by atoms with Gasteiger partial charge in [0.2, 0.25) is 0 Å². The maximum absolute atomic E-state index is 14.3. The number of carbonyl (C=O) groups excluding carboxylic acids is 1. The molecule has 0 spiro atoms. The third-order valence-electron chi connectivity index (χ3n) is 4.18. The second-order valence-corrected chi connectivity index (χ2v) is 7.07. The number of benzene rings is 1. The molecule has 2 saturated heterocycles. The molecule has 2 atom stereocenters.